The van der Waals surface area contributed by atoms with Crippen molar-refractivity contribution in [1.82, 2.24) is 4.90 Å². The number of amides is 3. The molecule has 3 rings (SSSR count). The first-order chi connectivity index (χ1) is 17.1. The second-order valence-corrected chi connectivity index (χ2v) is 8.29. The highest BCUT2D eigenvalue weighted by Gasteiger charge is 2.37. The van der Waals surface area contributed by atoms with Gasteiger partial charge in [-0.2, -0.15) is 13.2 Å². The van der Waals surface area contributed by atoms with Gasteiger partial charge in [0.2, 0.25) is 5.91 Å². The third kappa shape index (κ3) is 6.30. The number of benzene rings is 2. The zero-order chi connectivity index (χ0) is 26.5. The predicted molar refractivity (Wildman–Crippen MR) is 128 cm³/mol. The average molecular weight is 525 g/mol. The molecule has 0 unspecified atom stereocenters. The smallest absolute Gasteiger partial charge is 0.416 e. The molecule has 0 aliphatic carbocycles. The highest BCUT2D eigenvalue weighted by atomic mass is 32.2. The number of anilines is 1. The molecule has 8 nitrogen and oxygen atoms in total. The minimum Gasteiger partial charge on any atom is -0.495 e. The maximum Gasteiger partial charge on any atom is 0.416 e. The normalized spacial score (nSPS) is 14.8. The van der Waals surface area contributed by atoms with Gasteiger partial charge >= 0.3 is 6.18 Å². The van der Waals surface area contributed by atoms with E-state index in [0.29, 0.717) is 53.0 Å². The van der Waals surface area contributed by atoms with E-state index in [1.807, 2.05) is 13.8 Å². The number of carbonyl (C=O) groups excluding carboxylic acids is 3. The largest absolute Gasteiger partial charge is 0.495 e. The van der Waals surface area contributed by atoms with Crippen molar-refractivity contribution in [2.45, 2.75) is 20.0 Å². The lowest BCUT2D eigenvalue weighted by atomic mass is 10.1. The summed E-state index contributed by atoms with van der Waals surface area (Å²) in [5.41, 5.74) is -0.655. The van der Waals surface area contributed by atoms with Gasteiger partial charge in [0, 0.05) is 0 Å². The van der Waals surface area contributed by atoms with E-state index in [9.17, 15) is 27.6 Å². The molecule has 0 aromatic heterocycles. The summed E-state index contributed by atoms with van der Waals surface area (Å²) >= 11 is 0.645. The fourth-order valence-electron chi connectivity index (χ4n) is 3.26. The Balaban J connectivity index is 1.76. The third-order valence-corrected chi connectivity index (χ3v) is 5.75. The number of halogens is 3. The first-order valence-electron chi connectivity index (χ1n) is 10.8. The van der Waals surface area contributed by atoms with Gasteiger partial charge in [-0.1, -0.05) is 6.07 Å². The van der Waals surface area contributed by atoms with Gasteiger partial charge in [0.25, 0.3) is 11.1 Å². The van der Waals surface area contributed by atoms with Crippen LogP contribution in [-0.4, -0.2) is 48.8 Å². The molecule has 0 spiro atoms. The zero-order valence-corrected chi connectivity index (χ0v) is 20.4. The van der Waals surface area contributed by atoms with Crippen LogP contribution in [0.4, 0.5) is 23.7 Å². The molecular formula is C24H23F3N2O6S. The van der Waals surface area contributed by atoms with Gasteiger partial charge < -0.3 is 19.5 Å². The van der Waals surface area contributed by atoms with Crippen LogP contribution in [0.2, 0.25) is 0 Å². The Kier molecular flexibility index (Phi) is 8.51. The van der Waals surface area contributed by atoms with Gasteiger partial charge in [0.05, 0.1) is 36.5 Å². The average Bonchev–Trinajstić information content (AvgIpc) is 3.07. The second kappa shape index (κ2) is 11.4. The molecule has 0 radical (unpaired) electrons. The summed E-state index contributed by atoms with van der Waals surface area (Å²) < 4.78 is 55.2. The molecule has 1 saturated heterocycles. The molecule has 12 heteroatoms. The van der Waals surface area contributed by atoms with Crippen LogP contribution in [0.5, 0.6) is 17.2 Å². The molecule has 0 bridgehead atoms. The lowest BCUT2D eigenvalue weighted by Crippen LogP contribution is -2.36. The number of hydrogen-bond acceptors (Lipinski definition) is 7. The molecule has 36 heavy (non-hydrogen) atoms. The van der Waals surface area contributed by atoms with E-state index in [1.165, 1.54) is 13.2 Å². The van der Waals surface area contributed by atoms with E-state index in [-0.39, 0.29) is 16.3 Å². The van der Waals surface area contributed by atoms with Gasteiger partial charge in [0.1, 0.15) is 12.3 Å². The molecular weight excluding hydrogens is 501 g/mol. The van der Waals surface area contributed by atoms with E-state index in [4.69, 9.17) is 14.2 Å². The first kappa shape index (κ1) is 26.9. The Bertz CT molecular complexity index is 1200. The number of hydrogen-bond donors (Lipinski definition) is 1. The van der Waals surface area contributed by atoms with E-state index < -0.39 is 35.3 Å². The van der Waals surface area contributed by atoms with Gasteiger partial charge in [0.15, 0.2) is 11.5 Å². The van der Waals surface area contributed by atoms with Crippen LogP contribution in [0, 0.1) is 0 Å². The molecule has 2 aromatic rings. The minimum absolute atomic E-state index is 0.00835. The van der Waals surface area contributed by atoms with E-state index in [1.54, 1.807) is 18.2 Å². The van der Waals surface area contributed by atoms with Crippen molar-refractivity contribution >= 4 is 40.6 Å². The van der Waals surface area contributed by atoms with Crippen molar-refractivity contribution in [2.24, 2.45) is 0 Å². The van der Waals surface area contributed by atoms with Crippen LogP contribution in [0.1, 0.15) is 25.0 Å². The van der Waals surface area contributed by atoms with Gasteiger partial charge in [-0.15, -0.1) is 0 Å². The number of thioether (sulfide) groups is 1. The fourth-order valence-corrected chi connectivity index (χ4v) is 4.10. The molecule has 1 aliphatic heterocycles. The molecule has 192 valence electrons. The Labute approximate surface area is 209 Å². The highest BCUT2D eigenvalue weighted by Crippen LogP contribution is 2.36. The number of nitrogens with zero attached hydrogens (tertiary/aromatic N) is 1. The predicted octanol–water partition coefficient (Wildman–Crippen LogP) is 5.19. The zero-order valence-electron chi connectivity index (χ0n) is 19.6. The standard InChI is InChI=1S/C24H23F3N2O6S/c1-4-34-18-8-6-14(10-19(18)35-5-2)11-20-22(31)29(23(32)36-20)13-21(30)28-16-12-15(24(25,26)27)7-9-17(16)33-3/h6-12H,4-5,13H2,1-3H3,(H,28,30)/b20-11-. The van der Waals surface area contributed by atoms with Crippen LogP contribution in [-0.2, 0) is 15.8 Å². The van der Waals surface area contributed by atoms with E-state index >= 15 is 0 Å². The number of carbonyl (C=O) groups is 3. The molecule has 1 N–H and O–H groups in total. The topological polar surface area (TPSA) is 94.2 Å². The monoisotopic (exact) mass is 524 g/mol. The summed E-state index contributed by atoms with van der Waals surface area (Å²) in [6, 6.07) is 7.62. The van der Waals surface area contributed by atoms with Gasteiger partial charge in [-0.25, -0.2) is 0 Å². The van der Waals surface area contributed by atoms with Crippen molar-refractivity contribution in [3.05, 3.63) is 52.4 Å². The summed E-state index contributed by atoms with van der Waals surface area (Å²) in [7, 11) is 1.23. The third-order valence-electron chi connectivity index (χ3n) is 4.84. The van der Waals surface area contributed by atoms with Crippen molar-refractivity contribution in [3.63, 3.8) is 0 Å². The maximum atomic E-state index is 13.0. The number of ether oxygens (including phenoxy) is 3. The van der Waals surface area contributed by atoms with Crippen molar-refractivity contribution in [3.8, 4) is 17.2 Å². The summed E-state index contributed by atoms with van der Waals surface area (Å²) in [5.74, 6) is -0.571. The highest BCUT2D eigenvalue weighted by molar-refractivity contribution is 8.18. The van der Waals surface area contributed by atoms with Crippen molar-refractivity contribution in [1.29, 1.82) is 0 Å². The van der Waals surface area contributed by atoms with E-state index in [2.05, 4.69) is 5.32 Å². The van der Waals surface area contributed by atoms with Crippen LogP contribution in [0.15, 0.2) is 41.3 Å². The number of nitrogens with one attached hydrogen (secondary N) is 1. The molecule has 0 saturated carbocycles. The minimum atomic E-state index is -4.63. The van der Waals surface area contributed by atoms with Crippen LogP contribution in [0.25, 0.3) is 6.08 Å². The number of methoxy groups -OCH3 is 1. The van der Waals surface area contributed by atoms with Gasteiger partial charge in [-0.3, -0.25) is 19.3 Å². The maximum absolute atomic E-state index is 13.0. The molecule has 1 heterocycles. The lowest BCUT2D eigenvalue weighted by Gasteiger charge is -2.16. The summed E-state index contributed by atoms with van der Waals surface area (Å²) in [4.78, 5) is 38.5. The number of alkyl halides is 3. The lowest BCUT2D eigenvalue weighted by molar-refractivity contribution is -0.137. The van der Waals surface area contributed by atoms with Crippen LogP contribution in [0.3, 0.4) is 0 Å². The first-order valence-corrected chi connectivity index (χ1v) is 11.6. The Hall–Kier alpha value is -3.67. The Morgan fingerprint density at radius 3 is 2.33 bits per heavy atom. The van der Waals surface area contributed by atoms with Crippen molar-refractivity contribution in [2.75, 3.05) is 32.2 Å². The molecule has 0 atom stereocenters. The summed E-state index contributed by atoms with van der Waals surface area (Å²) in [6.07, 6.45) is -3.15. The number of imide groups is 1. The second-order valence-electron chi connectivity index (χ2n) is 7.30. The Morgan fingerprint density at radius 1 is 1.03 bits per heavy atom. The molecule has 2 aromatic carbocycles. The Morgan fingerprint density at radius 2 is 1.69 bits per heavy atom. The van der Waals surface area contributed by atoms with Crippen LogP contribution < -0.4 is 19.5 Å². The van der Waals surface area contributed by atoms with Gasteiger partial charge in [-0.05, 0) is 67.6 Å². The quantitative estimate of drug-likeness (QED) is 0.452. The molecule has 1 fully saturated rings. The molecule has 3 amide bonds. The SMILES string of the molecule is CCOc1ccc(/C=C2\SC(=O)N(CC(=O)Nc3cc(C(F)(F)F)ccc3OC)C2=O)cc1OCC. The number of rotatable bonds is 9. The van der Waals surface area contributed by atoms with Crippen molar-refractivity contribution < 1.29 is 41.8 Å². The molecule has 1 aliphatic rings. The van der Waals surface area contributed by atoms with Crippen LogP contribution >= 0.6 is 11.8 Å². The van der Waals surface area contributed by atoms with E-state index in [0.717, 1.165) is 12.1 Å². The summed E-state index contributed by atoms with van der Waals surface area (Å²) in [5, 5.41) is 1.59. The summed E-state index contributed by atoms with van der Waals surface area (Å²) in [6.45, 7) is 3.79. The fraction of sp³-hybridized carbons (Fsp3) is 0.292.